The number of ether oxygens (including phenoxy) is 3. The standard InChI is InChI=1S/C14H16O5/c1-8(2)18-12-10-6-5-9(16-3)7-11(10)19-14(15)13(12)17-4/h5-8H,1-4H3. The van der Waals surface area contributed by atoms with Gasteiger partial charge in [0.2, 0.25) is 5.75 Å². The van der Waals surface area contributed by atoms with E-state index in [0.29, 0.717) is 22.5 Å². The van der Waals surface area contributed by atoms with Crippen LogP contribution in [-0.2, 0) is 0 Å². The number of benzene rings is 1. The van der Waals surface area contributed by atoms with Crippen molar-refractivity contribution in [2.75, 3.05) is 14.2 Å². The van der Waals surface area contributed by atoms with Crippen LogP contribution in [0.15, 0.2) is 27.4 Å². The Morgan fingerprint density at radius 1 is 1.11 bits per heavy atom. The molecule has 0 unspecified atom stereocenters. The highest BCUT2D eigenvalue weighted by Gasteiger charge is 2.18. The molecule has 5 nitrogen and oxygen atoms in total. The number of hydrogen-bond donors (Lipinski definition) is 0. The van der Waals surface area contributed by atoms with Crippen molar-refractivity contribution in [3.63, 3.8) is 0 Å². The lowest BCUT2D eigenvalue weighted by molar-refractivity contribution is 0.229. The van der Waals surface area contributed by atoms with Crippen LogP contribution in [0.5, 0.6) is 17.2 Å². The van der Waals surface area contributed by atoms with Crippen molar-refractivity contribution in [2.45, 2.75) is 20.0 Å². The molecule has 0 atom stereocenters. The molecule has 0 bridgehead atoms. The largest absolute Gasteiger partial charge is 0.497 e. The van der Waals surface area contributed by atoms with Crippen LogP contribution >= 0.6 is 0 Å². The highest BCUT2D eigenvalue weighted by atomic mass is 16.5. The molecule has 1 heterocycles. The van der Waals surface area contributed by atoms with E-state index in [9.17, 15) is 4.79 Å². The Morgan fingerprint density at radius 3 is 2.42 bits per heavy atom. The van der Waals surface area contributed by atoms with Gasteiger partial charge in [-0.3, -0.25) is 0 Å². The molecule has 0 aliphatic heterocycles. The van der Waals surface area contributed by atoms with Crippen molar-refractivity contribution in [2.24, 2.45) is 0 Å². The maximum Gasteiger partial charge on any atom is 0.383 e. The second kappa shape index (κ2) is 5.22. The molecule has 1 aromatic carbocycles. The minimum Gasteiger partial charge on any atom is -0.497 e. The second-order valence-corrected chi connectivity index (χ2v) is 4.28. The fraction of sp³-hybridized carbons (Fsp3) is 0.357. The van der Waals surface area contributed by atoms with Crippen molar-refractivity contribution in [1.82, 2.24) is 0 Å². The van der Waals surface area contributed by atoms with Crippen LogP contribution in [0.2, 0.25) is 0 Å². The number of rotatable bonds is 4. The maximum atomic E-state index is 11.9. The van der Waals surface area contributed by atoms with Gasteiger partial charge < -0.3 is 18.6 Å². The van der Waals surface area contributed by atoms with Gasteiger partial charge >= 0.3 is 5.63 Å². The lowest BCUT2D eigenvalue weighted by Gasteiger charge is -2.14. The zero-order valence-electron chi connectivity index (χ0n) is 11.4. The summed E-state index contributed by atoms with van der Waals surface area (Å²) in [6.45, 7) is 3.76. The predicted molar refractivity (Wildman–Crippen MR) is 71.4 cm³/mol. The van der Waals surface area contributed by atoms with Gasteiger partial charge in [0, 0.05) is 6.07 Å². The van der Waals surface area contributed by atoms with Crippen LogP contribution in [0, 0.1) is 0 Å². The monoisotopic (exact) mass is 264 g/mol. The SMILES string of the molecule is COc1ccc2c(OC(C)C)c(OC)c(=O)oc2c1. The first-order valence-corrected chi connectivity index (χ1v) is 5.92. The van der Waals surface area contributed by atoms with E-state index in [0.717, 1.165) is 0 Å². The van der Waals surface area contributed by atoms with Gasteiger partial charge in [0.1, 0.15) is 11.3 Å². The quantitative estimate of drug-likeness (QED) is 0.794. The topological polar surface area (TPSA) is 57.9 Å². The second-order valence-electron chi connectivity index (χ2n) is 4.28. The minimum absolute atomic E-state index is 0.0753. The normalized spacial score (nSPS) is 10.8. The zero-order chi connectivity index (χ0) is 14.0. The summed E-state index contributed by atoms with van der Waals surface area (Å²) in [6, 6.07) is 5.19. The van der Waals surface area contributed by atoms with E-state index in [1.165, 1.54) is 7.11 Å². The van der Waals surface area contributed by atoms with Gasteiger partial charge in [-0.25, -0.2) is 4.79 Å². The van der Waals surface area contributed by atoms with Gasteiger partial charge in [-0.1, -0.05) is 0 Å². The molecular formula is C14H16O5. The average molecular weight is 264 g/mol. The Bertz CT molecular complexity index is 642. The fourth-order valence-corrected chi connectivity index (χ4v) is 1.79. The molecular weight excluding hydrogens is 248 g/mol. The van der Waals surface area contributed by atoms with Gasteiger partial charge in [-0.2, -0.15) is 0 Å². The number of methoxy groups -OCH3 is 2. The van der Waals surface area contributed by atoms with Gasteiger partial charge in [0.25, 0.3) is 0 Å². The highest BCUT2D eigenvalue weighted by molar-refractivity contribution is 5.86. The summed E-state index contributed by atoms with van der Waals surface area (Å²) < 4.78 is 21.1. The Morgan fingerprint density at radius 2 is 1.84 bits per heavy atom. The van der Waals surface area contributed by atoms with Gasteiger partial charge in [0.05, 0.1) is 25.7 Å². The first kappa shape index (κ1) is 13.3. The summed E-state index contributed by atoms with van der Waals surface area (Å²) in [5, 5.41) is 0.672. The van der Waals surface area contributed by atoms with Crippen molar-refractivity contribution in [3.8, 4) is 17.2 Å². The molecule has 19 heavy (non-hydrogen) atoms. The van der Waals surface area contributed by atoms with E-state index in [2.05, 4.69) is 0 Å². The molecule has 0 aliphatic rings. The van der Waals surface area contributed by atoms with E-state index in [1.54, 1.807) is 25.3 Å². The Balaban J connectivity index is 2.75. The molecule has 2 aromatic rings. The van der Waals surface area contributed by atoms with E-state index < -0.39 is 5.63 Å². The molecule has 0 fully saturated rings. The van der Waals surface area contributed by atoms with Crippen LogP contribution in [0.3, 0.4) is 0 Å². The van der Waals surface area contributed by atoms with Crippen LogP contribution < -0.4 is 19.8 Å². The van der Waals surface area contributed by atoms with Crippen LogP contribution in [0.25, 0.3) is 11.0 Å². The molecule has 0 amide bonds. The lowest BCUT2D eigenvalue weighted by atomic mass is 10.2. The highest BCUT2D eigenvalue weighted by Crippen LogP contribution is 2.34. The van der Waals surface area contributed by atoms with Gasteiger partial charge in [0.15, 0.2) is 5.75 Å². The van der Waals surface area contributed by atoms with E-state index in [1.807, 2.05) is 13.8 Å². The molecule has 0 aliphatic carbocycles. The summed E-state index contributed by atoms with van der Waals surface area (Å²) in [5.41, 5.74) is -0.167. The smallest absolute Gasteiger partial charge is 0.383 e. The first-order valence-electron chi connectivity index (χ1n) is 5.92. The summed E-state index contributed by atoms with van der Waals surface area (Å²) in [4.78, 5) is 11.9. The predicted octanol–water partition coefficient (Wildman–Crippen LogP) is 2.60. The molecule has 2 rings (SSSR count). The van der Waals surface area contributed by atoms with E-state index in [-0.39, 0.29) is 11.9 Å². The minimum atomic E-state index is -0.570. The molecule has 0 radical (unpaired) electrons. The Kier molecular flexibility index (Phi) is 3.64. The third-order valence-electron chi connectivity index (χ3n) is 2.59. The van der Waals surface area contributed by atoms with Crippen molar-refractivity contribution >= 4 is 11.0 Å². The third-order valence-corrected chi connectivity index (χ3v) is 2.59. The summed E-state index contributed by atoms with van der Waals surface area (Å²) in [5.74, 6) is 1.08. The molecule has 0 saturated carbocycles. The number of hydrogen-bond acceptors (Lipinski definition) is 5. The maximum absolute atomic E-state index is 11.9. The molecule has 102 valence electrons. The van der Waals surface area contributed by atoms with Crippen LogP contribution in [0.4, 0.5) is 0 Å². The first-order chi connectivity index (χ1) is 9.06. The summed E-state index contributed by atoms with van der Waals surface area (Å²) >= 11 is 0. The van der Waals surface area contributed by atoms with Crippen LogP contribution in [-0.4, -0.2) is 20.3 Å². The van der Waals surface area contributed by atoms with Crippen LogP contribution in [0.1, 0.15) is 13.8 Å². The van der Waals surface area contributed by atoms with E-state index in [4.69, 9.17) is 18.6 Å². The summed E-state index contributed by atoms with van der Waals surface area (Å²) in [6.07, 6.45) is -0.0824. The Hall–Kier alpha value is -2.17. The van der Waals surface area contributed by atoms with Gasteiger partial charge in [-0.15, -0.1) is 0 Å². The lowest BCUT2D eigenvalue weighted by Crippen LogP contribution is -2.12. The third kappa shape index (κ3) is 2.50. The van der Waals surface area contributed by atoms with Crippen molar-refractivity contribution in [3.05, 3.63) is 28.6 Å². The number of fused-ring (bicyclic) bond motifs is 1. The van der Waals surface area contributed by atoms with Gasteiger partial charge in [-0.05, 0) is 26.0 Å². The van der Waals surface area contributed by atoms with Crippen molar-refractivity contribution in [1.29, 1.82) is 0 Å². The Labute approximate surface area is 110 Å². The van der Waals surface area contributed by atoms with Crippen molar-refractivity contribution < 1.29 is 18.6 Å². The molecule has 1 aromatic heterocycles. The van der Waals surface area contributed by atoms with E-state index >= 15 is 0 Å². The summed E-state index contributed by atoms with van der Waals surface area (Å²) in [7, 11) is 2.96. The fourth-order valence-electron chi connectivity index (χ4n) is 1.79. The zero-order valence-corrected chi connectivity index (χ0v) is 11.4. The average Bonchev–Trinajstić information content (AvgIpc) is 2.37. The molecule has 0 saturated heterocycles. The molecule has 0 N–H and O–H groups in total. The molecule has 0 spiro atoms. The molecule has 5 heteroatoms.